The largest absolute Gasteiger partial charge is 0.393 e. The molecule has 10 heteroatoms. The summed E-state index contributed by atoms with van der Waals surface area (Å²) >= 11 is 0. The van der Waals surface area contributed by atoms with Gasteiger partial charge in [0.25, 0.3) is 11.6 Å². The number of aryl methyl sites for hydroxylation is 2. The van der Waals surface area contributed by atoms with Gasteiger partial charge in [0, 0.05) is 43.5 Å². The number of carbonyl (C=O) groups is 1. The molecular weight excluding hydrogens is 424 g/mol. The second-order valence-electron chi connectivity index (χ2n) is 7.83. The fourth-order valence-electron chi connectivity index (χ4n) is 4.04. The van der Waals surface area contributed by atoms with Crippen LogP contribution >= 0.6 is 0 Å². The van der Waals surface area contributed by atoms with E-state index < -0.39 is 4.92 Å². The normalized spacial score (nSPS) is 13.6. The van der Waals surface area contributed by atoms with Crippen molar-refractivity contribution >= 4 is 28.7 Å². The number of nitro groups is 1. The second kappa shape index (κ2) is 8.63. The van der Waals surface area contributed by atoms with Crippen molar-refractivity contribution in [2.75, 3.05) is 36.8 Å². The number of anilines is 2. The number of benzene rings is 2. The highest BCUT2D eigenvalue weighted by molar-refractivity contribution is 6.01. The zero-order valence-electron chi connectivity index (χ0n) is 18.2. The van der Waals surface area contributed by atoms with Gasteiger partial charge in [0.2, 0.25) is 5.69 Å². The summed E-state index contributed by atoms with van der Waals surface area (Å²) in [5.41, 5.74) is 9.05. The van der Waals surface area contributed by atoms with Crippen LogP contribution in [0.25, 0.3) is 16.1 Å². The van der Waals surface area contributed by atoms with Gasteiger partial charge in [0.1, 0.15) is 22.7 Å². The Labute approximate surface area is 190 Å². The van der Waals surface area contributed by atoms with Crippen LogP contribution in [0.15, 0.2) is 40.9 Å². The quantitative estimate of drug-likeness (QED) is 0.278. The number of piperazine rings is 1. The summed E-state index contributed by atoms with van der Waals surface area (Å²) in [5, 5.41) is 15.3. The molecule has 0 atom stereocenters. The van der Waals surface area contributed by atoms with Gasteiger partial charge >= 0.3 is 0 Å². The number of nitro benzene ring substituents is 1. The predicted octanol–water partition coefficient (Wildman–Crippen LogP) is 3.96. The average Bonchev–Trinajstić information content (AvgIpc) is 3.19. The molecule has 2 aromatic carbocycles. The molecule has 1 saturated heterocycles. The number of amides is 1. The van der Waals surface area contributed by atoms with Crippen LogP contribution in [0.3, 0.4) is 0 Å². The van der Waals surface area contributed by atoms with Crippen molar-refractivity contribution in [3.63, 3.8) is 0 Å². The van der Waals surface area contributed by atoms with E-state index in [0.717, 1.165) is 11.1 Å². The molecule has 1 aliphatic rings. The Morgan fingerprint density at radius 3 is 2.55 bits per heavy atom. The predicted molar refractivity (Wildman–Crippen MR) is 123 cm³/mol. The summed E-state index contributed by atoms with van der Waals surface area (Å²) in [5.74, 6) is 0.291. The minimum absolute atomic E-state index is 0.00359. The topological polar surface area (TPSA) is 123 Å². The molecule has 0 bridgehead atoms. The maximum Gasteiger partial charge on any atom is 0.282 e. The van der Waals surface area contributed by atoms with E-state index in [4.69, 9.17) is 16.8 Å². The Balaban J connectivity index is 1.56. The zero-order chi connectivity index (χ0) is 23.7. The first-order valence-corrected chi connectivity index (χ1v) is 10.3. The molecule has 2 N–H and O–H groups in total. The lowest BCUT2D eigenvalue weighted by molar-refractivity contribution is -0.383. The maximum absolute atomic E-state index is 13.4. The van der Waals surface area contributed by atoms with E-state index in [1.807, 2.05) is 36.1 Å². The van der Waals surface area contributed by atoms with E-state index in [-0.39, 0.29) is 23.0 Å². The van der Waals surface area contributed by atoms with Crippen molar-refractivity contribution in [3.05, 3.63) is 74.8 Å². The number of hydrogen-bond acceptors (Lipinski definition) is 7. The molecule has 1 aromatic heterocycles. The van der Waals surface area contributed by atoms with Gasteiger partial charge in [-0.25, -0.2) is 4.85 Å². The molecule has 1 fully saturated rings. The molecule has 10 nitrogen and oxygen atoms in total. The highest BCUT2D eigenvalue weighted by Crippen LogP contribution is 2.38. The Bertz CT molecular complexity index is 1280. The van der Waals surface area contributed by atoms with Gasteiger partial charge < -0.3 is 20.1 Å². The molecule has 0 radical (unpaired) electrons. The molecule has 33 heavy (non-hydrogen) atoms. The highest BCUT2D eigenvalue weighted by Gasteiger charge is 2.30. The summed E-state index contributed by atoms with van der Waals surface area (Å²) < 4.78 is 5.37. The third-order valence-corrected chi connectivity index (χ3v) is 5.83. The molecule has 4 rings (SSSR count). The minimum Gasteiger partial charge on any atom is -0.393 e. The van der Waals surface area contributed by atoms with Crippen molar-refractivity contribution in [2.24, 2.45) is 0 Å². The summed E-state index contributed by atoms with van der Waals surface area (Å²) in [4.78, 5) is 31.0. The summed E-state index contributed by atoms with van der Waals surface area (Å²) in [6, 6.07) is 10.3. The van der Waals surface area contributed by atoms with E-state index in [1.165, 1.54) is 12.1 Å². The Morgan fingerprint density at radius 1 is 1.21 bits per heavy atom. The first-order chi connectivity index (χ1) is 15.8. The van der Waals surface area contributed by atoms with Crippen molar-refractivity contribution < 1.29 is 14.2 Å². The fourth-order valence-corrected chi connectivity index (χ4v) is 4.04. The van der Waals surface area contributed by atoms with E-state index in [2.05, 4.69) is 10.0 Å². The Morgan fingerprint density at radius 2 is 1.91 bits per heavy atom. The molecule has 0 spiro atoms. The van der Waals surface area contributed by atoms with Crippen molar-refractivity contribution in [3.8, 4) is 11.3 Å². The minimum atomic E-state index is -0.599. The summed E-state index contributed by atoms with van der Waals surface area (Å²) in [7, 11) is 0. The van der Waals surface area contributed by atoms with E-state index in [1.54, 1.807) is 11.8 Å². The number of rotatable bonds is 4. The summed E-state index contributed by atoms with van der Waals surface area (Å²) in [6.45, 7) is 12.8. The van der Waals surface area contributed by atoms with Crippen LogP contribution in [0, 0.1) is 30.5 Å². The molecule has 2 heterocycles. The highest BCUT2D eigenvalue weighted by atomic mass is 16.6. The lowest BCUT2D eigenvalue weighted by atomic mass is 10.0. The Hall–Kier alpha value is -4.39. The maximum atomic E-state index is 13.4. The average molecular weight is 446 g/mol. The van der Waals surface area contributed by atoms with Crippen LogP contribution < -0.4 is 10.6 Å². The number of nitrogens with two attached hydrogens (primary N) is 1. The number of carbonyl (C=O) groups excluding carboxylic acids is 1. The number of hydrogen-bond donors (Lipinski definition) is 1. The SMILES string of the molecule is [C-]#[N+]c1cc([N+](=O)[O-])c(N)cc1N1CCN(C(=O)c2c(-c3ccccc3C)noc2C)CC1. The van der Waals surface area contributed by atoms with Gasteiger partial charge in [-0.1, -0.05) is 29.4 Å². The number of nitrogen functional groups attached to an aromatic ring is 1. The molecule has 1 aliphatic heterocycles. The monoisotopic (exact) mass is 446 g/mol. The van der Waals surface area contributed by atoms with Crippen LogP contribution in [0.2, 0.25) is 0 Å². The molecule has 0 unspecified atom stereocenters. The van der Waals surface area contributed by atoms with Crippen LogP contribution in [-0.2, 0) is 0 Å². The molecule has 3 aromatic rings. The van der Waals surface area contributed by atoms with Gasteiger partial charge in [0.05, 0.1) is 11.5 Å². The van der Waals surface area contributed by atoms with Crippen molar-refractivity contribution in [2.45, 2.75) is 13.8 Å². The van der Waals surface area contributed by atoms with Gasteiger partial charge in [-0.2, -0.15) is 0 Å². The first kappa shape index (κ1) is 21.8. The van der Waals surface area contributed by atoms with Crippen LogP contribution in [-0.4, -0.2) is 47.1 Å². The van der Waals surface area contributed by atoms with Gasteiger partial charge in [-0.15, -0.1) is 0 Å². The number of nitrogens with zero attached hydrogens (tertiary/aromatic N) is 5. The van der Waals surface area contributed by atoms with E-state index >= 15 is 0 Å². The third-order valence-electron chi connectivity index (χ3n) is 5.83. The van der Waals surface area contributed by atoms with Crippen molar-refractivity contribution in [1.29, 1.82) is 0 Å². The zero-order valence-corrected chi connectivity index (χ0v) is 18.2. The third kappa shape index (κ3) is 3.96. The lowest BCUT2D eigenvalue weighted by Gasteiger charge is -2.36. The first-order valence-electron chi connectivity index (χ1n) is 10.3. The molecule has 0 saturated carbocycles. The van der Waals surface area contributed by atoms with E-state index in [0.29, 0.717) is 48.9 Å². The number of aromatic nitrogens is 1. The molecule has 168 valence electrons. The van der Waals surface area contributed by atoms with Gasteiger partial charge in [0.15, 0.2) is 0 Å². The second-order valence-corrected chi connectivity index (χ2v) is 7.83. The van der Waals surface area contributed by atoms with Crippen LogP contribution in [0.1, 0.15) is 21.7 Å². The lowest BCUT2D eigenvalue weighted by Crippen LogP contribution is -2.49. The fraction of sp³-hybridized carbons (Fsp3) is 0.261. The van der Waals surface area contributed by atoms with Gasteiger partial charge in [-0.3, -0.25) is 14.9 Å². The van der Waals surface area contributed by atoms with Crippen molar-refractivity contribution in [1.82, 2.24) is 10.1 Å². The summed E-state index contributed by atoms with van der Waals surface area (Å²) in [6.07, 6.45) is 0. The molecule has 0 aliphatic carbocycles. The smallest absolute Gasteiger partial charge is 0.282 e. The molecule has 1 amide bonds. The van der Waals surface area contributed by atoms with Crippen LogP contribution in [0.5, 0.6) is 0 Å². The molecular formula is C23H22N6O4. The Kier molecular flexibility index (Phi) is 5.70. The van der Waals surface area contributed by atoms with Gasteiger partial charge in [-0.05, 0) is 25.5 Å². The standard InChI is InChI=1S/C23H22N6O4/c1-14-6-4-5-7-16(14)22-21(15(2)33-26-22)23(30)28-10-8-27(9-11-28)20-12-17(24)19(29(31)32)13-18(20)25-3/h4-7,12-13H,8-11,24H2,1-2H3. The van der Waals surface area contributed by atoms with Crippen LogP contribution in [0.4, 0.5) is 22.7 Å². The van der Waals surface area contributed by atoms with E-state index in [9.17, 15) is 14.9 Å².